The molecule has 0 radical (unpaired) electrons. The average Bonchev–Trinajstić information content (AvgIpc) is 2.77. The largest absolute Gasteiger partial charge is 0.494 e. The summed E-state index contributed by atoms with van der Waals surface area (Å²) in [6.45, 7) is 5.50. The second-order valence-electron chi connectivity index (χ2n) is 7.21. The molecule has 2 rings (SSSR count). The van der Waals surface area contributed by atoms with E-state index in [-0.39, 0.29) is 18.5 Å². The molecule has 2 aromatic rings. The molecule has 0 saturated carbocycles. The monoisotopic (exact) mass is 426 g/mol. The minimum atomic E-state index is -0.950. The molecule has 0 aromatic heterocycles. The molecular weight excluding hydrogens is 396 g/mol. The first-order valence-electron chi connectivity index (χ1n) is 10.4. The average molecular weight is 427 g/mol. The highest BCUT2D eigenvalue weighted by Crippen LogP contribution is 2.12. The normalized spacial score (nSPS) is 12.4. The van der Waals surface area contributed by atoms with Crippen molar-refractivity contribution in [2.75, 3.05) is 13.2 Å². The summed E-state index contributed by atoms with van der Waals surface area (Å²) in [5.41, 5.74) is 1.60. The summed E-state index contributed by atoms with van der Waals surface area (Å²) in [7, 11) is 0. The molecule has 2 aromatic carbocycles. The predicted molar refractivity (Wildman–Crippen MR) is 118 cm³/mol. The first-order chi connectivity index (χ1) is 14.9. The Morgan fingerprint density at radius 3 is 2.29 bits per heavy atom. The highest BCUT2D eigenvalue weighted by atomic mass is 16.5. The number of carbonyl (C=O) groups is 3. The van der Waals surface area contributed by atoms with Crippen molar-refractivity contribution < 1.29 is 23.9 Å². The zero-order valence-electron chi connectivity index (χ0n) is 18.2. The molecule has 7 heteroatoms. The van der Waals surface area contributed by atoms with E-state index in [9.17, 15) is 14.4 Å². The van der Waals surface area contributed by atoms with Gasteiger partial charge in [0.15, 0.2) is 6.10 Å². The van der Waals surface area contributed by atoms with E-state index in [4.69, 9.17) is 9.47 Å². The van der Waals surface area contributed by atoms with Gasteiger partial charge in [-0.2, -0.15) is 0 Å². The Morgan fingerprint density at radius 2 is 1.65 bits per heavy atom. The SMILES string of the molecule is CCOc1ccc(C(=O)NCC(=O)O[C@H](C)C(=O)N[C@@H](C)CCc2ccccc2)cc1. The van der Waals surface area contributed by atoms with Gasteiger partial charge in [-0.15, -0.1) is 0 Å². The molecule has 7 nitrogen and oxygen atoms in total. The molecule has 0 aliphatic carbocycles. The Labute approximate surface area is 183 Å². The topological polar surface area (TPSA) is 93.7 Å². The van der Waals surface area contributed by atoms with E-state index < -0.39 is 18.0 Å². The minimum Gasteiger partial charge on any atom is -0.494 e. The summed E-state index contributed by atoms with van der Waals surface area (Å²) in [5.74, 6) is -0.798. The van der Waals surface area contributed by atoms with E-state index in [2.05, 4.69) is 10.6 Å². The summed E-state index contributed by atoms with van der Waals surface area (Å²) in [4.78, 5) is 36.4. The van der Waals surface area contributed by atoms with Crippen molar-refractivity contribution in [1.29, 1.82) is 0 Å². The number of hydrogen-bond donors (Lipinski definition) is 2. The lowest BCUT2D eigenvalue weighted by atomic mass is 10.1. The third kappa shape index (κ3) is 8.50. The van der Waals surface area contributed by atoms with Crippen LogP contribution in [0.3, 0.4) is 0 Å². The van der Waals surface area contributed by atoms with Crippen molar-refractivity contribution in [3.63, 3.8) is 0 Å². The van der Waals surface area contributed by atoms with E-state index in [1.54, 1.807) is 24.3 Å². The number of amides is 2. The molecule has 2 atom stereocenters. The summed E-state index contributed by atoms with van der Waals surface area (Å²) >= 11 is 0. The summed E-state index contributed by atoms with van der Waals surface area (Å²) < 4.78 is 10.5. The van der Waals surface area contributed by atoms with Crippen molar-refractivity contribution in [1.82, 2.24) is 10.6 Å². The molecule has 0 aliphatic rings. The van der Waals surface area contributed by atoms with Gasteiger partial charge in [-0.1, -0.05) is 30.3 Å². The maximum Gasteiger partial charge on any atom is 0.326 e. The Kier molecular flexibility index (Phi) is 9.55. The van der Waals surface area contributed by atoms with E-state index in [1.165, 1.54) is 12.5 Å². The van der Waals surface area contributed by atoms with Gasteiger partial charge in [0, 0.05) is 11.6 Å². The second-order valence-corrected chi connectivity index (χ2v) is 7.21. The van der Waals surface area contributed by atoms with Gasteiger partial charge in [-0.3, -0.25) is 14.4 Å². The van der Waals surface area contributed by atoms with E-state index in [1.807, 2.05) is 44.2 Å². The number of ether oxygens (including phenoxy) is 2. The van der Waals surface area contributed by atoms with Gasteiger partial charge >= 0.3 is 5.97 Å². The highest BCUT2D eigenvalue weighted by Gasteiger charge is 2.20. The number of rotatable bonds is 11. The summed E-state index contributed by atoms with van der Waals surface area (Å²) in [6.07, 6.45) is 0.664. The van der Waals surface area contributed by atoms with Crippen LogP contribution in [0.2, 0.25) is 0 Å². The van der Waals surface area contributed by atoms with Crippen molar-refractivity contribution >= 4 is 17.8 Å². The highest BCUT2D eigenvalue weighted by molar-refractivity contribution is 5.96. The number of nitrogens with one attached hydrogen (secondary N) is 2. The summed E-state index contributed by atoms with van der Waals surface area (Å²) in [5, 5.41) is 5.33. The Hall–Kier alpha value is -3.35. The molecule has 166 valence electrons. The molecule has 0 saturated heterocycles. The Balaban J connectivity index is 1.70. The second kappa shape index (κ2) is 12.4. The fourth-order valence-corrected chi connectivity index (χ4v) is 2.88. The molecule has 0 spiro atoms. The third-order valence-electron chi connectivity index (χ3n) is 4.60. The lowest BCUT2D eigenvalue weighted by Crippen LogP contribution is -2.42. The maximum atomic E-state index is 12.3. The molecule has 0 fully saturated rings. The van der Waals surface area contributed by atoms with Crippen LogP contribution in [0.4, 0.5) is 0 Å². The van der Waals surface area contributed by atoms with E-state index in [0.717, 1.165) is 12.8 Å². The van der Waals surface area contributed by atoms with Crippen LogP contribution in [0.15, 0.2) is 54.6 Å². The molecule has 31 heavy (non-hydrogen) atoms. The Morgan fingerprint density at radius 1 is 0.968 bits per heavy atom. The minimum absolute atomic E-state index is 0.0618. The number of aryl methyl sites for hydroxylation is 1. The van der Waals surface area contributed by atoms with Gasteiger partial charge in [0.05, 0.1) is 6.61 Å². The van der Waals surface area contributed by atoms with Gasteiger partial charge in [0.25, 0.3) is 11.8 Å². The number of carbonyl (C=O) groups excluding carboxylic acids is 3. The predicted octanol–water partition coefficient (Wildman–Crippen LogP) is 2.88. The fourth-order valence-electron chi connectivity index (χ4n) is 2.88. The van der Waals surface area contributed by atoms with Crippen LogP contribution in [-0.4, -0.2) is 43.1 Å². The smallest absolute Gasteiger partial charge is 0.326 e. The van der Waals surface area contributed by atoms with Gasteiger partial charge in [-0.25, -0.2) is 0 Å². The van der Waals surface area contributed by atoms with Gasteiger partial charge in [0.2, 0.25) is 0 Å². The first-order valence-corrected chi connectivity index (χ1v) is 10.4. The standard InChI is InChI=1S/C24H30N2O5/c1-4-30-21-14-12-20(13-15-21)24(29)25-16-22(27)31-18(3)23(28)26-17(2)10-11-19-8-6-5-7-9-19/h5-9,12-15,17-18H,4,10-11,16H2,1-3H3,(H,25,29)(H,26,28)/t17-,18+/m0/s1. The van der Waals surface area contributed by atoms with Crippen LogP contribution < -0.4 is 15.4 Å². The lowest BCUT2D eigenvalue weighted by Gasteiger charge is -2.18. The third-order valence-corrected chi connectivity index (χ3v) is 4.60. The van der Waals surface area contributed by atoms with Crippen molar-refractivity contribution in [2.24, 2.45) is 0 Å². The van der Waals surface area contributed by atoms with Crippen LogP contribution in [0.25, 0.3) is 0 Å². The lowest BCUT2D eigenvalue weighted by molar-refractivity contribution is -0.154. The number of benzene rings is 2. The zero-order valence-corrected chi connectivity index (χ0v) is 18.2. The maximum absolute atomic E-state index is 12.3. The summed E-state index contributed by atoms with van der Waals surface area (Å²) in [6, 6.07) is 16.5. The molecule has 2 amide bonds. The zero-order chi connectivity index (χ0) is 22.6. The van der Waals surface area contributed by atoms with Crippen LogP contribution in [-0.2, 0) is 20.7 Å². The molecule has 0 heterocycles. The van der Waals surface area contributed by atoms with Crippen molar-refractivity contribution in [2.45, 2.75) is 45.8 Å². The van der Waals surface area contributed by atoms with E-state index >= 15 is 0 Å². The van der Waals surface area contributed by atoms with Gasteiger partial charge in [0.1, 0.15) is 12.3 Å². The molecular formula is C24H30N2O5. The molecule has 0 aliphatic heterocycles. The molecule has 0 unspecified atom stereocenters. The number of hydrogen-bond acceptors (Lipinski definition) is 5. The molecule has 2 N–H and O–H groups in total. The van der Waals surface area contributed by atoms with Crippen molar-refractivity contribution in [3.8, 4) is 5.75 Å². The van der Waals surface area contributed by atoms with Crippen LogP contribution in [0, 0.1) is 0 Å². The molecule has 0 bridgehead atoms. The van der Waals surface area contributed by atoms with Gasteiger partial charge < -0.3 is 20.1 Å². The van der Waals surface area contributed by atoms with Crippen LogP contribution in [0.1, 0.15) is 43.1 Å². The quantitative estimate of drug-likeness (QED) is 0.539. The van der Waals surface area contributed by atoms with E-state index in [0.29, 0.717) is 17.9 Å². The van der Waals surface area contributed by atoms with Crippen LogP contribution in [0.5, 0.6) is 5.75 Å². The first kappa shape index (κ1) is 23.9. The fraction of sp³-hybridized carbons (Fsp3) is 0.375. The van der Waals surface area contributed by atoms with Crippen molar-refractivity contribution in [3.05, 3.63) is 65.7 Å². The van der Waals surface area contributed by atoms with Gasteiger partial charge in [-0.05, 0) is 63.4 Å². The number of esters is 1. The Bertz CT molecular complexity index is 852. The van der Waals surface area contributed by atoms with Crippen LogP contribution >= 0.6 is 0 Å².